The minimum atomic E-state index is -0.114. The predicted octanol–water partition coefficient (Wildman–Crippen LogP) is 4.05. The topological polar surface area (TPSA) is 17.1 Å². The van der Waals surface area contributed by atoms with Crippen LogP contribution in [0.2, 0.25) is 0 Å². The van der Waals surface area contributed by atoms with Crippen LogP contribution >= 0.6 is 0 Å². The molecule has 0 heterocycles. The lowest BCUT2D eigenvalue weighted by atomic mass is 9.68. The van der Waals surface area contributed by atoms with Crippen molar-refractivity contribution in [1.82, 2.24) is 0 Å². The van der Waals surface area contributed by atoms with Crippen molar-refractivity contribution < 1.29 is 4.79 Å². The van der Waals surface area contributed by atoms with Crippen LogP contribution in [0.5, 0.6) is 0 Å². The van der Waals surface area contributed by atoms with Crippen LogP contribution in [0, 0.1) is 5.41 Å². The van der Waals surface area contributed by atoms with E-state index in [1.165, 1.54) is 12.0 Å². The molecule has 0 aliphatic heterocycles. The Balaban J connectivity index is 2.80. The van der Waals surface area contributed by atoms with Crippen LogP contribution in [0.25, 0.3) is 0 Å². The number of hydrogen-bond donors (Lipinski definition) is 0. The summed E-state index contributed by atoms with van der Waals surface area (Å²) in [4.78, 5) is 12.0. The van der Waals surface area contributed by atoms with Crippen molar-refractivity contribution in [2.75, 3.05) is 0 Å². The smallest absolute Gasteiger partial charge is 0.139 e. The molecule has 0 N–H and O–H groups in total. The van der Waals surface area contributed by atoms with Crippen molar-refractivity contribution in [3.05, 3.63) is 24.3 Å². The first-order valence-electron chi connectivity index (χ1n) is 5.88. The van der Waals surface area contributed by atoms with Gasteiger partial charge in [-0.25, -0.2) is 0 Å². The third-order valence-electron chi connectivity index (χ3n) is 3.34. The minimum absolute atomic E-state index is 0.114. The molecule has 0 aromatic heterocycles. The third-order valence-corrected chi connectivity index (χ3v) is 3.34. The molecule has 0 aromatic carbocycles. The van der Waals surface area contributed by atoms with Gasteiger partial charge in [0.25, 0.3) is 0 Å². The molecule has 1 saturated carbocycles. The van der Waals surface area contributed by atoms with E-state index in [1.54, 1.807) is 0 Å². The first-order chi connectivity index (χ1) is 7.10. The van der Waals surface area contributed by atoms with E-state index in [9.17, 15) is 4.79 Å². The molecular weight excluding hydrogens is 184 g/mol. The second kappa shape index (κ2) is 5.29. The summed E-state index contributed by atoms with van der Waals surface area (Å²) in [6.45, 7) is 7.97. The Bertz CT molecular complexity index is 271. The summed E-state index contributed by atoms with van der Waals surface area (Å²) in [5.74, 6) is 0.450. The zero-order valence-corrected chi connectivity index (χ0v) is 10.0. The molecular formula is C14H22O. The van der Waals surface area contributed by atoms with E-state index in [0.29, 0.717) is 5.78 Å². The summed E-state index contributed by atoms with van der Waals surface area (Å²) in [5.41, 5.74) is 1.19. The van der Waals surface area contributed by atoms with Gasteiger partial charge in [-0.05, 0) is 39.5 Å². The number of allylic oxidation sites excluding steroid dienone is 3. The molecule has 1 heteroatoms. The van der Waals surface area contributed by atoms with Gasteiger partial charge in [-0.3, -0.25) is 4.79 Å². The zero-order chi connectivity index (χ0) is 11.3. The highest BCUT2D eigenvalue weighted by atomic mass is 16.1. The average Bonchev–Trinajstić information content (AvgIpc) is 2.20. The average molecular weight is 206 g/mol. The molecule has 0 spiro atoms. The Morgan fingerprint density at radius 1 is 1.40 bits per heavy atom. The van der Waals surface area contributed by atoms with Gasteiger partial charge in [-0.1, -0.05) is 24.1 Å². The SMILES string of the molecule is C=CC[C@]1(CC=C(C)C)CCCCC1=O. The van der Waals surface area contributed by atoms with Gasteiger partial charge in [0.1, 0.15) is 5.78 Å². The van der Waals surface area contributed by atoms with Gasteiger partial charge >= 0.3 is 0 Å². The second-order valence-corrected chi connectivity index (χ2v) is 4.89. The normalized spacial score (nSPS) is 26.1. The van der Waals surface area contributed by atoms with Crippen molar-refractivity contribution >= 4 is 5.78 Å². The molecule has 0 amide bonds. The molecule has 0 aromatic rings. The Hall–Kier alpha value is -0.850. The van der Waals surface area contributed by atoms with Crippen LogP contribution in [0.1, 0.15) is 52.4 Å². The fourth-order valence-corrected chi connectivity index (χ4v) is 2.34. The van der Waals surface area contributed by atoms with Gasteiger partial charge in [0.15, 0.2) is 0 Å². The van der Waals surface area contributed by atoms with Crippen LogP contribution in [-0.4, -0.2) is 5.78 Å². The van der Waals surface area contributed by atoms with E-state index >= 15 is 0 Å². The maximum absolute atomic E-state index is 12.0. The second-order valence-electron chi connectivity index (χ2n) is 4.89. The van der Waals surface area contributed by atoms with Crippen LogP contribution in [-0.2, 0) is 4.79 Å². The van der Waals surface area contributed by atoms with Crippen molar-refractivity contribution in [2.24, 2.45) is 5.41 Å². The molecule has 1 atom stereocenters. The van der Waals surface area contributed by atoms with Crippen LogP contribution in [0.3, 0.4) is 0 Å². The number of carbonyl (C=O) groups is 1. The Labute approximate surface area is 93.3 Å². The van der Waals surface area contributed by atoms with Gasteiger partial charge in [0, 0.05) is 11.8 Å². The van der Waals surface area contributed by atoms with Crippen molar-refractivity contribution in [1.29, 1.82) is 0 Å². The highest BCUT2D eigenvalue weighted by Gasteiger charge is 2.37. The Kier molecular flexibility index (Phi) is 4.31. The van der Waals surface area contributed by atoms with Crippen molar-refractivity contribution in [2.45, 2.75) is 52.4 Å². The van der Waals surface area contributed by atoms with Gasteiger partial charge in [0.2, 0.25) is 0 Å². The van der Waals surface area contributed by atoms with Crippen LogP contribution < -0.4 is 0 Å². The van der Waals surface area contributed by atoms with Crippen LogP contribution in [0.4, 0.5) is 0 Å². The maximum atomic E-state index is 12.0. The number of rotatable bonds is 4. The largest absolute Gasteiger partial charge is 0.299 e. The third kappa shape index (κ3) is 3.05. The molecule has 15 heavy (non-hydrogen) atoms. The molecule has 84 valence electrons. The first-order valence-corrected chi connectivity index (χ1v) is 5.88. The first kappa shape index (κ1) is 12.2. The fourth-order valence-electron chi connectivity index (χ4n) is 2.34. The summed E-state index contributed by atoms with van der Waals surface area (Å²) >= 11 is 0. The van der Waals surface area contributed by atoms with Gasteiger partial charge in [-0.15, -0.1) is 6.58 Å². The monoisotopic (exact) mass is 206 g/mol. The lowest BCUT2D eigenvalue weighted by Gasteiger charge is -2.34. The molecule has 0 unspecified atom stereocenters. The molecule has 1 nitrogen and oxygen atoms in total. The summed E-state index contributed by atoms with van der Waals surface area (Å²) < 4.78 is 0. The number of ketones is 1. The standard InChI is InChI=1S/C14H22O/c1-4-9-14(11-8-12(2)3)10-6-5-7-13(14)15/h4,8H,1,5-7,9-11H2,2-3H3/t14-/m1/s1. The van der Waals surface area contributed by atoms with E-state index in [0.717, 1.165) is 32.1 Å². The Morgan fingerprint density at radius 2 is 2.13 bits per heavy atom. The van der Waals surface area contributed by atoms with Gasteiger partial charge in [-0.2, -0.15) is 0 Å². The molecule has 1 aliphatic rings. The maximum Gasteiger partial charge on any atom is 0.139 e. The fraction of sp³-hybridized carbons (Fsp3) is 0.643. The predicted molar refractivity (Wildman–Crippen MR) is 64.8 cm³/mol. The van der Waals surface area contributed by atoms with E-state index in [2.05, 4.69) is 26.5 Å². The van der Waals surface area contributed by atoms with E-state index in [1.807, 2.05) is 6.08 Å². The van der Waals surface area contributed by atoms with E-state index < -0.39 is 0 Å². The number of hydrogen-bond acceptors (Lipinski definition) is 1. The minimum Gasteiger partial charge on any atom is -0.299 e. The summed E-state index contributed by atoms with van der Waals surface area (Å²) in [6.07, 6.45) is 9.93. The highest BCUT2D eigenvalue weighted by Crippen LogP contribution is 2.40. The van der Waals surface area contributed by atoms with E-state index in [4.69, 9.17) is 0 Å². The van der Waals surface area contributed by atoms with Crippen molar-refractivity contribution in [3.63, 3.8) is 0 Å². The molecule has 1 aliphatic carbocycles. The quantitative estimate of drug-likeness (QED) is 0.634. The van der Waals surface area contributed by atoms with E-state index in [-0.39, 0.29) is 5.41 Å². The highest BCUT2D eigenvalue weighted by molar-refractivity contribution is 5.85. The molecule has 1 rings (SSSR count). The zero-order valence-electron chi connectivity index (χ0n) is 10.0. The molecule has 0 saturated heterocycles. The molecule has 0 radical (unpaired) electrons. The Morgan fingerprint density at radius 3 is 2.67 bits per heavy atom. The van der Waals surface area contributed by atoms with Crippen LogP contribution in [0.15, 0.2) is 24.3 Å². The lowest BCUT2D eigenvalue weighted by Crippen LogP contribution is -2.33. The number of Topliss-reactive ketones (excluding diaryl/α,β-unsaturated/α-hetero) is 1. The summed E-state index contributed by atoms with van der Waals surface area (Å²) in [5, 5.41) is 0. The summed E-state index contributed by atoms with van der Waals surface area (Å²) in [7, 11) is 0. The lowest BCUT2D eigenvalue weighted by molar-refractivity contribution is -0.131. The molecule has 0 bridgehead atoms. The number of carbonyl (C=O) groups excluding carboxylic acids is 1. The van der Waals surface area contributed by atoms with Crippen molar-refractivity contribution in [3.8, 4) is 0 Å². The van der Waals surface area contributed by atoms with Gasteiger partial charge in [0.05, 0.1) is 0 Å². The van der Waals surface area contributed by atoms with Gasteiger partial charge < -0.3 is 0 Å². The molecule has 1 fully saturated rings. The summed E-state index contributed by atoms with van der Waals surface area (Å²) in [6, 6.07) is 0.